The predicted octanol–water partition coefficient (Wildman–Crippen LogP) is 0.00830. The van der Waals surface area contributed by atoms with Gasteiger partial charge in [0.1, 0.15) is 17.4 Å². The molecule has 5 N–H and O–H groups in total. The molecule has 0 aromatic heterocycles. The monoisotopic (exact) mass is 406 g/mol. The van der Waals surface area contributed by atoms with E-state index in [0.29, 0.717) is 18.4 Å². The Morgan fingerprint density at radius 2 is 2.00 bits per heavy atom. The lowest BCUT2D eigenvalue weighted by Crippen LogP contribution is -2.55. The van der Waals surface area contributed by atoms with E-state index in [2.05, 4.69) is 5.32 Å². The third-order valence-corrected chi connectivity index (χ3v) is 5.19. The molecule has 2 aliphatic heterocycles. The van der Waals surface area contributed by atoms with Crippen molar-refractivity contribution in [1.82, 2.24) is 5.32 Å². The summed E-state index contributed by atoms with van der Waals surface area (Å²) in [6.45, 7) is 3.91. The van der Waals surface area contributed by atoms with Crippen molar-refractivity contribution >= 4 is 17.8 Å². The minimum absolute atomic E-state index is 0.0645. The number of cyclic esters (lactones) is 2. The standard InChI is InChI=1S/C20H26N2O7/c1-9(2)6-12(22-19(26)17(25)18-11(21)8-15(24)29-18)14-7-10-4-3-5-13(23)16(10)20(27)28-14/h3-5,9,11-12,14,17-18,23,25H,6-8,21H2,1-2H3,(H,22,26)/t11-,12+,14-,17-,18-/m1/s1. The van der Waals surface area contributed by atoms with E-state index in [1.165, 1.54) is 6.07 Å². The highest BCUT2D eigenvalue weighted by molar-refractivity contribution is 5.95. The summed E-state index contributed by atoms with van der Waals surface area (Å²) in [6.07, 6.45) is -2.68. The Labute approximate surface area is 168 Å². The van der Waals surface area contributed by atoms with Crippen LogP contribution in [-0.4, -0.2) is 58.5 Å². The molecule has 2 heterocycles. The number of ether oxygens (including phenoxy) is 2. The van der Waals surface area contributed by atoms with Gasteiger partial charge in [0.15, 0.2) is 12.2 Å². The van der Waals surface area contributed by atoms with Crippen LogP contribution in [-0.2, 0) is 25.5 Å². The van der Waals surface area contributed by atoms with Gasteiger partial charge in [-0.25, -0.2) is 4.79 Å². The van der Waals surface area contributed by atoms with E-state index in [0.717, 1.165) is 0 Å². The van der Waals surface area contributed by atoms with Crippen molar-refractivity contribution in [2.75, 3.05) is 0 Å². The maximum absolute atomic E-state index is 12.6. The van der Waals surface area contributed by atoms with Crippen LogP contribution in [0.15, 0.2) is 18.2 Å². The van der Waals surface area contributed by atoms with Gasteiger partial charge in [-0.3, -0.25) is 9.59 Å². The molecule has 3 rings (SSSR count). The summed E-state index contributed by atoms with van der Waals surface area (Å²) in [7, 11) is 0. The lowest BCUT2D eigenvalue weighted by atomic mass is 9.90. The van der Waals surface area contributed by atoms with E-state index in [-0.39, 0.29) is 23.7 Å². The number of aliphatic hydroxyl groups excluding tert-OH is 1. The molecular weight excluding hydrogens is 380 g/mol. The SMILES string of the molecule is CC(C)C[C@H](NC(=O)[C@H](O)[C@@H]1OC(=O)C[C@H]1N)[C@H]1Cc2cccc(O)c2C(=O)O1. The van der Waals surface area contributed by atoms with Crippen molar-refractivity contribution in [2.24, 2.45) is 11.7 Å². The maximum Gasteiger partial charge on any atom is 0.342 e. The highest BCUT2D eigenvalue weighted by Crippen LogP contribution is 2.30. The molecule has 5 atom stereocenters. The van der Waals surface area contributed by atoms with Crippen LogP contribution in [0.2, 0.25) is 0 Å². The smallest absolute Gasteiger partial charge is 0.342 e. The third-order valence-electron chi connectivity index (χ3n) is 5.19. The van der Waals surface area contributed by atoms with Crippen LogP contribution in [0.4, 0.5) is 0 Å². The summed E-state index contributed by atoms with van der Waals surface area (Å²) >= 11 is 0. The molecule has 29 heavy (non-hydrogen) atoms. The third kappa shape index (κ3) is 4.51. The largest absolute Gasteiger partial charge is 0.507 e. The van der Waals surface area contributed by atoms with Gasteiger partial charge in [0.2, 0.25) is 0 Å². The van der Waals surface area contributed by atoms with Gasteiger partial charge in [-0.05, 0) is 24.0 Å². The molecule has 0 radical (unpaired) electrons. The highest BCUT2D eigenvalue weighted by Gasteiger charge is 2.42. The highest BCUT2D eigenvalue weighted by atomic mass is 16.6. The second-order valence-electron chi connectivity index (χ2n) is 7.97. The van der Waals surface area contributed by atoms with Crippen LogP contribution in [0.1, 0.15) is 42.6 Å². The number of phenols is 1. The Morgan fingerprint density at radius 3 is 2.62 bits per heavy atom. The van der Waals surface area contributed by atoms with E-state index in [9.17, 15) is 24.6 Å². The number of carbonyl (C=O) groups is 3. The van der Waals surface area contributed by atoms with Gasteiger partial charge in [0.05, 0.1) is 18.5 Å². The number of hydrogen-bond donors (Lipinski definition) is 4. The Kier molecular flexibility index (Phi) is 6.09. The van der Waals surface area contributed by atoms with E-state index in [4.69, 9.17) is 15.2 Å². The molecule has 1 amide bonds. The van der Waals surface area contributed by atoms with E-state index >= 15 is 0 Å². The van der Waals surface area contributed by atoms with Crippen molar-refractivity contribution in [1.29, 1.82) is 0 Å². The molecule has 0 bridgehead atoms. The van der Waals surface area contributed by atoms with Gasteiger partial charge in [-0.15, -0.1) is 0 Å². The zero-order chi connectivity index (χ0) is 21.3. The van der Waals surface area contributed by atoms with Crippen molar-refractivity contribution in [3.8, 4) is 5.75 Å². The van der Waals surface area contributed by atoms with Crippen LogP contribution < -0.4 is 11.1 Å². The number of fused-ring (bicyclic) bond motifs is 1. The Balaban J connectivity index is 1.75. The number of benzene rings is 1. The molecule has 9 heteroatoms. The lowest BCUT2D eigenvalue weighted by molar-refractivity contribution is -0.150. The molecule has 0 aliphatic carbocycles. The normalized spacial score (nSPS) is 25.8. The van der Waals surface area contributed by atoms with Gasteiger partial charge < -0.3 is 30.7 Å². The van der Waals surface area contributed by atoms with Crippen molar-refractivity contribution < 1.29 is 34.1 Å². The van der Waals surface area contributed by atoms with Crippen LogP contribution in [0.3, 0.4) is 0 Å². The lowest BCUT2D eigenvalue weighted by Gasteiger charge is -2.33. The number of nitrogens with two attached hydrogens (primary N) is 1. The number of rotatable bonds is 6. The minimum Gasteiger partial charge on any atom is -0.507 e. The average molecular weight is 406 g/mol. The second kappa shape index (κ2) is 8.38. The fourth-order valence-corrected chi connectivity index (χ4v) is 3.79. The first-order valence-electron chi connectivity index (χ1n) is 9.62. The van der Waals surface area contributed by atoms with Crippen LogP contribution in [0.25, 0.3) is 0 Å². The Morgan fingerprint density at radius 1 is 1.28 bits per heavy atom. The average Bonchev–Trinajstić information content (AvgIpc) is 2.97. The molecule has 2 aliphatic rings. The number of phenolic OH excluding ortho intramolecular Hbond substituents is 1. The summed E-state index contributed by atoms with van der Waals surface area (Å²) in [5, 5.41) is 23.0. The summed E-state index contributed by atoms with van der Waals surface area (Å²) in [5.41, 5.74) is 6.52. The van der Waals surface area contributed by atoms with Gasteiger partial charge in [0.25, 0.3) is 5.91 Å². The Hall–Kier alpha value is -2.65. The summed E-state index contributed by atoms with van der Waals surface area (Å²) in [4.78, 5) is 36.4. The molecule has 1 aromatic rings. The number of aliphatic hydroxyl groups is 1. The number of nitrogens with one attached hydrogen (secondary N) is 1. The maximum atomic E-state index is 12.6. The molecule has 0 spiro atoms. The zero-order valence-corrected chi connectivity index (χ0v) is 16.3. The molecular formula is C20H26N2O7. The fourth-order valence-electron chi connectivity index (χ4n) is 3.79. The van der Waals surface area contributed by atoms with Crippen LogP contribution >= 0.6 is 0 Å². The first-order valence-corrected chi connectivity index (χ1v) is 9.62. The van der Waals surface area contributed by atoms with E-state index in [1.54, 1.807) is 12.1 Å². The van der Waals surface area contributed by atoms with Crippen LogP contribution in [0.5, 0.6) is 5.75 Å². The topological polar surface area (TPSA) is 148 Å². The molecule has 0 saturated carbocycles. The van der Waals surface area contributed by atoms with E-state index < -0.39 is 48.2 Å². The molecule has 0 unspecified atom stereocenters. The number of esters is 2. The van der Waals surface area contributed by atoms with Gasteiger partial charge >= 0.3 is 11.9 Å². The van der Waals surface area contributed by atoms with Crippen molar-refractivity contribution in [2.45, 2.75) is 63.5 Å². The molecule has 1 aromatic carbocycles. The Bertz CT molecular complexity index is 810. The first-order chi connectivity index (χ1) is 13.7. The second-order valence-corrected chi connectivity index (χ2v) is 7.97. The summed E-state index contributed by atoms with van der Waals surface area (Å²) < 4.78 is 10.4. The molecule has 158 valence electrons. The quantitative estimate of drug-likeness (QED) is 0.483. The van der Waals surface area contributed by atoms with Crippen LogP contribution in [0, 0.1) is 5.92 Å². The zero-order valence-electron chi connectivity index (χ0n) is 16.3. The van der Waals surface area contributed by atoms with Gasteiger partial charge in [-0.2, -0.15) is 0 Å². The predicted molar refractivity (Wildman–Crippen MR) is 101 cm³/mol. The van der Waals surface area contributed by atoms with Gasteiger partial charge in [-0.1, -0.05) is 26.0 Å². The number of amides is 1. The van der Waals surface area contributed by atoms with E-state index in [1.807, 2.05) is 13.8 Å². The first kappa shape index (κ1) is 21.1. The minimum atomic E-state index is -1.62. The number of carbonyl (C=O) groups excluding carboxylic acids is 3. The van der Waals surface area contributed by atoms with Gasteiger partial charge in [0, 0.05) is 6.42 Å². The summed E-state index contributed by atoms with van der Waals surface area (Å²) in [5.74, 6) is -1.96. The molecule has 1 saturated heterocycles. The molecule has 9 nitrogen and oxygen atoms in total. The fraction of sp³-hybridized carbons (Fsp3) is 0.550. The van der Waals surface area contributed by atoms with Crippen molar-refractivity contribution in [3.63, 3.8) is 0 Å². The summed E-state index contributed by atoms with van der Waals surface area (Å²) in [6, 6.07) is 3.43. The number of aromatic hydroxyl groups is 1. The molecule has 1 fully saturated rings. The van der Waals surface area contributed by atoms with Crippen molar-refractivity contribution in [3.05, 3.63) is 29.3 Å². The number of hydrogen-bond acceptors (Lipinski definition) is 8.